The zero-order chi connectivity index (χ0) is 16.1. The Hall–Kier alpha value is -2.63. The number of aryl methyl sites for hydroxylation is 2. The third kappa shape index (κ3) is 3.72. The Morgan fingerprint density at radius 1 is 1.36 bits per heavy atom. The average Bonchev–Trinajstić information content (AvgIpc) is 2.85. The average molecular weight is 301 g/mol. The summed E-state index contributed by atoms with van der Waals surface area (Å²) in [6.45, 7) is 3.47. The molecule has 2 rings (SSSR count). The van der Waals surface area contributed by atoms with Gasteiger partial charge in [0.15, 0.2) is 6.61 Å². The van der Waals surface area contributed by atoms with Crippen LogP contribution in [0.5, 0.6) is 0 Å². The Morgan fingerprint density at radius 2 is 2.14 bits per heavy atom. The van der Waals surface area contributed by atoms with Crippen molar-refractivity contribution >= 4 is 17.6 Å². The normalized spacial score (nSPS) is 10.3. The molecule has 0 saturated carbocycles. The van der Waals surface area contributed by atoms with Crippen molar-refractivity contribution < 1.29 is 14.3 Å². The molecule has 0 fully saturated rings. The van der Waals surface area contributed by atoms with E-state index < -0.39 is 5.97 Å². The molecule has 1 amide bonds. The van der Waals surface area contributed by atoms with Crippen LogP contribution in [-0.2, 0) is 23.0 Å². The molecule has 1 heterocycles. The van der Waals surface area contributed by atoms with Crippen molar-refractivity contribution in [1.82, 2.24) is 9.78 Å². The highest BCUT2D eigenvalue weighted by atomic mass is 16.5. The van der Waals surface area contributed by atoms with E-state index in [0.717, 1.165) is 12.0 Å². The van der Waals surface area contributed by atoms with Crippen molar-refractivity contribution in [2.45, 2.75) is 20.3 Å². The summed E-state index contributed by atoms with van der Waals surface area (Å²) < 4.78 is 6.58. The molecule has 0 aliphatic carbocycles. The molecule has 1 N–H and O–H groups in total. The van der Waals surface area contributed by atoms with Gasteiger partial charge in [-0.2, -0.15) is 5.10 Å². The Kier molecular flexibility index (Phi) is 4.93. The lowest BCUT2D eigenvalue weighted by Gasteiger charge is -2.07. The Labute approximate surface area is 129 Å². The molecule has 0 bridgehead atoms. The Balaban J connectivity index is 1.90. The first-order valence-corrected chi connectivity index (χ1v) is 7.05. The number of anilines is 1. The highest BCUT2D eigenvalue weighted by Gasteiger charge is 2.15. The summed E-state index contributed by atoms with van der Waals surface area (Å²) in [4.78, 5) is 23.7. The molecule has 6 nitrogen and oxygen atoms in total. The minimum Gasteiger partial charge on any atom is -0.452 e. The van der Waals surface area contributed by atoms with E-state index in [4.69, 9.17) is 4.74 Å². The van der Waals surface area contributed by atoms with Gasteiger partial charge in [0.2, 0.25) is 0 Å². The maximum absolute atomic E-state index is 11.9. The summed E-state index contributed by atoms with van der Waals surface area (Å²) in [5, 5.41) is 6.67. The third-order valence-electron chi connectivity index (χ3n) is 3.41. The van der Waals surface area contributed by atoms with Crippen LogP contribution in [0, 0.1) is 6.92 Å². The van der Waals surface area contributed by atoms with E-state index in [-0.39, 0.29) is 12.5 Å². The standard InChI is InChI=1S/C16H19N3O3/c1-4-12-6-5-7-13(8-12)18-15(20)10-22-16(21)14-9-17-19(3)11(14)2/h5-9H,4,10H2,1-3H3,(H,18,20). The van der Waals surface area contributed by atoms with Crippen molar-refractivity contribution in [2.24, 2.45) is 7.05 Å². The van der Waals surface area contributed by atoms with Gasteiger partial charge in [-0.1, -0.05) is 19.1 Å². The van der Waals surface area contributed by atoms with Crippen LogP contribution in [0.3, 0.4) is 0 Å². The number of nitrogens with one attached hydrogen (secondary N) is 1. The van der Waals surface area contributed by atoms with E-state index in [0.29, 0.717) is 16.9 Å². The number of nitrogens with zero attached hydrogens (tertiary/aromatic N) is 2. The molecule has 0 radical (unpaired) electrons. The van der Waals surface area contributed by atoms with Crippen LogP contribution in [0.15, 0.2) is 30.5 Å². The van der Waals surface area contributed by atoms with Gasteiger partial charge in [0.1, 0.15) is 5.56 Å². The lowest BCUT2D eigenvalue weighted by atomic mass is 10.1. The minimum absolute atomic E-state index is 0.330. The molecule has 0 saturated heterocycles. The molecule has 22 heavy (non-hydrogen) atoms. The topological polar surface area (TPSA) is 73.2 Å². The number of carbonyl (C=O) groups is 2. The van der Waals surface area contributed by atoms with Gasteiger partial charge in [-0.3, -0.25) is 9.48 Å². The summed E-state index contributed by atoms with van der Waals surface area (Å²) in [7, 11) is 1.74. The predicted molar refractivity (Wildman–Crippen MR) is 82.7 cm³/mol. The molecule has 0 aliphatic heterocycles. The molecule has 0 aliphatic rings. The van der Waals surface area contributed by atoms with Crippen molar-refractivity contribution in [1.29, 1.82) is 0 Å². The minimum atomic E-state index is -0.553. The predicted octanol–water partition coefficient (Wildman–Crippen LogP) is 2.09. The third-order valence-corrected chi connectivity index (χ3v) is 3.41. The molecule has 116 valence electrons. The fourth-order valence-electron chi connectivity index (χ4n) is 1.97. The summed E-state index contributed by atoms with van der Waals surface area (Å²) in [6.07, 6.45) is 2.32. The molecule has 6 heteroatoms. The molecule has 2 aromatic rings. The maximum atomic E-state index is 11.9. The van der Waals surface area contributed by atoms with Crippen molar-refractivity contribution in [3.05, 3.63) is 47.3 Å². The van der Waals surface area contributed by atoms with Crippen LogP contribution in [0.1, 0.15) is 28.5 Å². The van der Waals surface area contributed by atoms with E-state index in [9.17, 15) is 9.59 Å². The van der Waals surface area contributed by atoms with Crippen molar-refractivity contribution in [3.63, 3.8) is 0 Å². The van der Waals surface area contributed by atoms with Gasteiger partial charge in [0, 0.05) is 18.4 Å². The quantitative estimate of drug-likeness (QED) is 0.858. The zero-order valence-corrected chi connectivity index (χ0v) is 12.9. The van der Waals surface area contributed by atoms with Gasteiger partial charge in [0.05, 0.1) is 6.20 Å². The highest BCUT2D eigenvalue weighted by molar-refractivity contribution is 5.95. The number of amides is 1. The number of hydrogen-bond acceptors (Lipinski definition) is 4. The molecule has 0 spiro atoms. The molecule has 0 unspecified atom stereocenters. The van der Waals surface area contributed by atoms with Gasteiger partial charge < -0.3 is 10.1 Å². The first-order chi connectivity index (χ1) is 10.5. The zero-order valence-electron chi connectivity index (χ0n) is 12.9. The molecule has 0 atom stereocenters. The van der Waals surface area contributed by atoms with Crippen LogP contribution >= 0.6 is 0 Å². The smallest absolute Gasteiger partial charge is 0.342 e. The lowest BCUT2D eigenvalue weighted by Crippen LogP contribution is -2.21. The van der Waals surface area contributed by atoms with Gasteiger partial charge in [0.25, 0.3) is 5.91 Å². The van der Waals surface area contributed by atoms with Crippen LogP contribution in [0.25, 0.3) is 0 Å². The summed E-state index contributed by atoms with van der Waals surface area (Å²) in [5.41, 5.74) is 2.88. The number of ether oxygens (including phenoxy) is 1. The highest BCUT2D eigenvalue weighted by Crippen LogP contribution is 2.11. The van der Waals surface area contributed by atoms with Gasteiger partial charge in [-0.05, 0) is 31.0 Å². The number of benzene rings is 1. The van der Waals surface area contributed by atoms with Crippen LogP contribution in [-0.4, -0.2) is 28.3 Å². The number of esters is 1. The SMILES string of the molecule is CCc1cccc(NC(=O)COC(=O)c2cnn(C)c2C)c1. The van der Waals surface area contributed by atoms with Crippen molar-refractivity contribution in [3.8, 4) is 0 Å². The number of rotatable bonds is 5. The molecule has 1 aromatic carbocycles. The van der Waals surface area contributed by atoms with E-state index in [1.807, 2.05) is 25.1 Å². The van der Waals surface area contributed by atoms with Crippen molar-refractivity contribution in [2.75, 3.05) is 11.9 Å². The number of hydrogen-bond donors (Lipinski definition) is 1. The van der Waals surface area contributed by atoms with E-state index in [1.54, 1.807) is 24.7 Å². The second kappa shape index (κ2) is 6.89. The second-order valence-corrected chi connectivity index (χ2v) is 4.95. The molecular weight excluding hydrogens is 282 g/mol. The maximum Gasteiger partial charge on any atom is 0.342 e. The monoisotopic (exact) mass is 301 g/mol. The van der Waals surface area contributed by atoms with Crippen LogP contribution in [0.4, 0.5) is 5.69 Å². The first-order valence-electron chi connectivity index (χ1n) is 7.05. The number of aromatic nitrogens is 2. The van der Waals surface area contributed by atoms with Gasteiger partial charge >= 0.3 is 5.97 Å². The largest absolute Gasteiger partial charge is 0.452 e. The molecular formula is C16H19N3O3. The molecule has 1 aromatic heterocycles. The Bertz CT molecular complexity index is 692. The van der Waals surface area contributed by atoms with E-state index >= 15 is 0 Å². The van der Waals surface area contributed by atoms with E-state index in [2.05, 4.69) is 10.4 Å². The Morgan fingerprint density at radius 3 is 2.77 bits per heavy atom. The number of carbonyl (C=O) groups excluding carboxylic acids is 2. The lowest BCUT2D eigenvalue weighted by molar-refractivity contribution is -0.119. The first kappa shape index (κ1) is 15.8. The summed E-state index contributed by atoms with van der Waals surface area (Å²) >= 11 is 0. The van der Waals surface area contributed by atoms with Gasteiger partial charge in [-0.25, -0.2) is 4.79 Å². The fraction of sp³-hybridized carbons (Fsp3) is 0.312. The van der Waals surface area contributed by atoms with Gasteiger partial charge in [-0.15, -0.1) is 0 Å². The second-order valence-electron chi connectivity index (χ2n) is 4.95. The van der Waals surface area contributed by atoms with Crippen LogP contribution in [0.2, 0.25) is 0 Å². The summed E-state index contributed by atoms with van der Waals surface area (Å²) in [6, 6.07) is 7.55. The van der Waals surface area contributed by atoms with E-state index in [1.165, 1.54) is 6.20 Å². The summed E-state index contributed by atoms with van der Waals surface area (Å²) in [5.74, 6) is -0.925. The van der Waals surface area contributed by atoms with Crippen LogP contribution < -0.4 is 5.32 Å². The fourth-order valence-corrected chi connectivity index (χ4v) is 1.97.